The van der Waals surface area contributed by atoms with Crippen LogP contribution in [-0.2, 0) is 16.9 Å². The molecule has 0 atom stereocenters. The van der Waals surface area contributed by atoms with Crippen LogP contribution in [0.2, 0.25) is 0 Å². The Kier molecular flexibility index (Phi) is 4.94. The highest BCUT2D eigenvalue weighted by atomic mass is 16.5. The van der Waals surface area contributed by atoms with Gasteiger partial charge in [-0.3, -0.25) is 0 Å². The van der Waals surface area contributed by atoms with Crippen LogP contribution < -0.4 is 9.47 Å². The Labute approximate surface area is 171 Å². The van der Waals surface area contributed by atoms with Crippen LogP contribution in [0.5, 0.6) is 11.5 Å². The first-order valence-electron chi connectivity index (χ1n) is 10.5. The normalized spacial score (nSPS) is 18.2. The second-order valence-corrected chi connectivity index (χ2v) is 8.01. The summed E-state index contributed by atoms with van der Waals surface area (Å²) >= 11 is 0. The Morgan fingerprint density at radius 1 is 1.07 bits per heavy atom. The van der Waals surface area contributed by atoms with Crippen LogP contribution in [0.25, 0.3) is 10.9 Å². The monoisotopic (exact) mass is 392 g/mol. The number of ether oxygens (including phenoxy) is 3. The van der Waals surface area contributed by atoms with Crippen molar-refractivity contribution in [3.05, 3.63) is 59.8 Å². The van der Waals surface area contributed by atoms with Gasteiger partial charge in [-0.2, -0.15) is 0 Å². The fourth-order valence-electron chi connectivity index (χ4n) is 4.82. The van der Waals surface area contributed by atoms with E-state index in [0.717, 1.165) is 67.9 Å². The lowest BCUT2D eigenvalue weighted by molar-refractivity contribution is -0.0791. The smallest absolute Gasteiger partial charge is 0.128 e. The summed E-state index contributed by atoms with van der Waals surface area (Å²) in [7, 11) is 1.74. The Hall–Kier alpha value is -2.50. The highest BCUT2D eigenvalue weighted by Gasteiger charge is 2.43. The molecule has 3 aromatic rings. The van der Waals surface area contributed by atoms with Crippen molar-refractivity contribution in [2.75, 3.05) is 33.4 Å². The number of hydrogen-bond acceptors (Lipinski definition) is 4. The molecule has 1 saturated heterocycles. The molecule has 0 aliphatic carbocycles. The van der Waals surface area contributed by atoms with Crippen molar-refractivity contribution >= 4 is 10.9 Å². The van der Waals surface area contributed by atoms with Gasteiger partial charge >= 0.3 is 0 Å². The van der Waals surface area contributed by atoms with Gasteiger partial charge in [0.2, 0.25) is 0 Å². The van der Waals surface area contributed by atoms with E-state index in [2.05, 4.69) is 34.1 Å². The first kappa shape index (κ1) is 18.5. The highest BCUT2D eigenvalue weighted by Crippen LogP contribution is 2.46. The molecule has 1 fully saturated rings. The third-order valence-electron chi connectivity index (χ3n) is 6.43. The third-order valence-corrected chi connectivity index (χ3v) is 6.43. The fraction of sp³-hybridized carbons (Fsp3) is 0.417. The molecular weight excluding hydrogens is 364 g/mol. The predicted molar refractivity (Wildman–Crippen MR) is 114 cm³/mol. The van der Waals surface area contributed by atoms with Gasteiger partial charge in [-0.15, -0.1) is 0 Å². The molecule has 1 aromatic heterocycles. The lowest BCUT2D eigenvalue weighted by Crippen LogP contribution is -2.43. The molecule has 0 amide bonds. The molecule has 2 aliphatic heterocycles. The van der Waals surface area contributed by atoms with E-state index in [1.54, 1.807) is 7.11 Å². The van der Waals surface area contributed by atoms with Crippen molar-refractivity contribution in [2.45, 2.75) is 31.5 Å². The van der Waals surface area contributed by atoms with E-state index in [1.165, 1.54) is 11.1 Å². The van der Waals surface area contributed by atoms with E-state index >= 15 is 0 Å². The van der Waals surface area contributed by atoms with E-state index in [-0.39, 0.29) is 5.60 Å². The van der Waals surface area contributed by atoms with Crippen LogP contribution in [0.4, 0.5) is 0 Å². The van der Waals surface area contributed by atoms with Crippen LogP contribution in [0.3, 0.4) is 0 Å². The van der Waals surface area contributed by atoms with Crippen molar-refractivity contribution in [2.24, 2.45) is 0 Å². The molecule has 0 radical (unpaired) electrons. The first-order chi connectivity index (χ1) is 14.3. The zero-order chi connectivity index (χ0) is 19.7. The number of piperidine rings is 1. The highest BCUT2D eigenvalue weighted by molar-refractivity contribution is 5.85. The molecule has 0 bridgehead atoms. The summed E-state index contributed by atoms with van der Waals surface area (Å²) in [5.74, 6) is 1.92. The Bertz CT molecular complexity index is 989. The van der Waals surface area contributed by atoms with Crippen LogP contribution >= 0.6 is 0 Å². The largest absolute Gasteiger partial charge is 0.496 e. The Morgan fingerprint density at radius 3 is 2.76 bits per heavy atom. The number of nitrogens with one attached hydrogen (secondary N) is 1. The summed E-state index contributed by atoms with van der Waals surface area (Å²) in [6, 6.07) is 14.6. The van der Waals surface area contributed by atoms with Gasteiger partial charge in [-0.1, -0.05) is 18.2 Å². The third kappa shape index (κ3) is 3.38. The molecule has 29 heavy (non-hydrogen) atoms. The SMILES string of the molecule is COc1cccc2c1COC21CCN(CCCOc2cccc3[nH]ccc23)CC1. The molecule has 2 aromatic carbocycles. The zero-order valence-corrected chi connectivity index (χ0v) is 16.9. The second-order valence-electron chi connectivity index (χ2n) is 8.01. The van der Waals surface area contributed by atoms with Crippen LogP contribution in [0.1, 0.15) is 30.4 Å². The number of benzene rings is 2. The predicted octanol–water partition coefficient (Wildman–Crippen LogP) is 4.47. The number of hydrogen-bond donors (Lipinski definition) is 1. The molecule has 2 aliphatic rings. The van der Waals surface area contributed by atoms with E-state index in [0.29, 0.717) is 6.61 Å². The molecule has 5 rings (SSSR count). The van der Waals surface area contributed by atoms with E-state index in [9.17, 15) is 0 Å². The maximum Gasteiger partial charge on any atom is 0.128 e. The summed E-state index contributed by atoms with van der Waals surface area (Å²) in [6.45, 7) is 4.58. The number of nitrogens with zero attached hydrogens (tertiary/aromatic N) is 1. The minimum atomic E-state index is -0.124. The summed E-state index contributed by atoms with van der Waals surface area (Å²) in [5.41, 5.74) is 3.56. The van der Waals surface area contributed by atoms with Crippen LogP contribution in [-0.4, -0.2) is 43.2 Å². The molecule has 5 nitrogen and oxygen atoms in total. The van der Waals surface area contributed by atoms with Crippen molar-refractivity contribution in [1.82, 2.24) is 9.88 Å². The maximum absolute atomic E-state index is 6.33. The first-order valence-corrected chi connectivity index (χ1v) is 10.5. The van der Waals surface area contributed by atoms with Crippen LogP contribution in [0, 0.1) is 0 Å². The zero-order valence-electron chi connectivity index (χ0n) is 16.9. The van der Waals surface area contributed by atoms with Gasteiger partial charge in [0.1, 0.15) is 11.5 Å². The minimum Gasteiger partial charge on any atom is -0.496 e. The number of fused-ring (bicyclic) bond motifs is 3. The summed E-state index contributed by atoms with van der Waals surface area (Å²) < 4.78 is 17.9. The number of methoxy groups -OCH3 is 1. The van der Waals surface area contributed by atoms with Gasteiger partial charge in [-0.05, 0) is 49.1 Å². The number of likely N-dealkylation sites (tertiary alicyclic amines) is 1. The summed E-state index contributed by atoms with van der Waals surface area (Å²) in [4.78, 5) is 5.77. The second kappa shape index (κ2) is 7.73. The van der Waals surface area contributed by atoms with Gasteiger partial charge in [-0.25, -0.2) is 0 Å². The van der Waals surface area contributed by atoms with Crippen molar-refractivity contribution in [3.63, 3.8) is 0 Å². The molecule has 3 heterocycles. The molecule has 1 spiro atoms. The molecule has 1 N–H and O–H groups in total. The Balaban J connectivity index is 1.13. The molecule has 0 unspecified atom stereocenters. The fourth-order valence-corrected chi connectivity index (χ4v) is 4.82. The van der Waals surface area contributed by atoms with Gasteiger partial charge in [0.15, 0.2) is 0 Å². The quantitative estimate of drug-likeness (QED) is 0.629. The lowest BCUT2D eigenvalue weighted by atomic mass is 9.83. The van der Waals surface area contributed by atoms with E-state index in [1.807, 2.05) is 24.4 Å². The minimum absolute atomic E-state index is 0.124. The molecular formula is C24H28N2O3. The van der Waals surface area contributed by atoms with Gasteiger partial charge in [0.25, 0.3) is 0 Å². The van der Waals surface area contributed by atoms with Crippen molar-refractivity contribution in [1.29, 1.82) is 0 Å². The number of aromatic nitrogens is 1. The molecule has 5 heteroatoms. The molecule has 0 saturated carbocycles. The topological polar surface area (TPSA) is 46.7 Å². The summed E-state index contributed by atoms with van der Waals surface area (Å²) in [5, 5.41) is 1.15. The van der Waals surface area contributed by atoms with E-state index < -0.39 is 0 Å². The number of H-pyrrole nitrogens is 1. The Morgan fingerprint density at radius 2 is 1.90 bits per heavy atom. The summed E-state index contributed by atoms with van der Waals surface area (Å²) in [6.07, 6.45) is 5.06. The van der Waals surface area contributed by atoms with Gasteiger partial charge in [0, 0.05) is 42.3 Å². The van der Waals surface area contributed by atoms with Gasteiger partial charge in [0.05, 0.1) is 25.9 Å². The number of aromatic amines is 1. The van der Waals surface area contributed by atoms with Crippen LogP contribution in [0.15, 0.2) is 48.7 Å². The average Bonchev–Trinajstić information content (AvgIpc) is 3.38. The number of rotatable bonds is 6. The lowest BCUT2D eigenvalue weighted by Gasteiger charge is -2.39. The maximum atomic E-state index is 6.33. The van der Waals surface area contributed by atoms with Gasteiger partial charge < -0.3 is 24.1 Å². The van der Waals surface area contributed by atoms with E-state index in [4.69, 9.17) is 14.2 Å². The van der Waals surface area contributed by atoms with Crippen molar-refractivity contribution in [3.8, 4) is 11.5 Å². The average molecular weight is 392 g/mol. The van der Waals surface area contributed by atoms with Crippen molar-refractivity contribution < 1.29 is 14.2 Å². The standard InChI is InChI=1S/C24H28N2O3/c1-27-22-7-2-5-20-19(22)17-29-24(20)10-14-26(15-11-24)13-4-16-28-23-8-3-6-21-18(23)9-12-25-21/h2-3,5-9,12,25H,4,10-11,13-17H2,1H3. The molecule has 152 valence electrons.